The third-order valence-electron chi connectivity index (χ3n) is 6.60. The molecule has 0 radical (unpaired) electrons. The maximum Gasteiger partial charge on any atom is 0.313 e. The molecule has 34 heavy (non-hydrogen) atoms. The van der Waals surface area contributed by atoms with Crippen LogP contribution in [0.5, 0.6) is 23.0 Å². The van der Waals surface area contributed by atoms with Crippen LogP contribution in [-0.4, -0.2) is 49.0 Å². The van der Waals surface area contributed by atoms with E-state index < -0.39 is 17.8 Å². The number of rotatable bonds is 6. The van der Waals surface area contributed by atoms with Gasteiger partial charge in [-0.25, -0.2) is 0 Å². The van der Waals surface area contributed by atoms with Gasteiger partial charge in [-0.2, -0.15) is 0 Å². The Morgan fingerprint density at radius 2 is 1.59 bits per heavy atom. The minimum absolute atomic E-state index is 0.113. The van der Waals surface area contributed by atoms with Crippen LogP contribution in [0.3, 0.4) is 0 Å². The van der Waals surface area contributed by atoms with Gasteiger partial charge in [-0.3, -0.25) is 14.6 Å². The van der Waals surface area contributed by atoms with Gasteiger partial charge >= 0.3 is 5.97 Å². The highest BCUT2D eigenvalue weighted by molar-refractivity contribution is 6.08. The van der Waals surface area contributed by atoms with E-state index in [4.69, 9.17) is 14.2 Å². The number of Topliss-reactive ketones (excluding diaryl/α,β-unsaturated/α-hetero) is 1. The minimum Gasteiger partial charge on any atom is -0.504 e. The fourth-order valence-corrected chi connectivity index (χ4v) is 4.98. The number of carbonyl (C=O) groups excluding carboxylic acids is 1. The van der Waals surface area contributed by atoms with Crippen LogP contribution in [0.2, 0.25) is 0 Å². The van der Waals surface area contributed by atoms with Gasteiger partial charge in [0.25, 0.3) is 0 Å². The Hall–Kier alpha value is -3.81. The number of hydrogen-bond donors (Lipinski definition) is 2. The number of hydrogen-bond acceptors (Lipinski definition) is 7. The molecular formula is C26H27NO7. The largest absolute Gasteiger partial charge is 0.504 e. The molecular weight excluding hydrogens is 438 g/mol. The van der Waals surface area contributed by atoms with Crippen LogP contribution in [0.4, 0.5) is 0 Å². The number of aliphatic imine (C=N–C) groups is 1. The second-order valence-corrected chi connectivity index (χ2v) is 8.48. The predicted molar refractivity (Wildman–Crippen MR) is 125 cm³/mol. The Kier molecular flexibility index (Phi) is 6.32. The minimum atomic E-state index is -1.07. The van der Waals surface area contributed by atoms with Crippen LogP contribution in [0, 0.1) is 5.92 Å². The summed E-state index contributed by atoms with van der Waals surface area (Å²) in [5.41, 5.74) is 2.87. The number of ketones is 1. The van der Waals surface area contributed by atoms with Gasteiger partial charge in [-0.15, -0.1) is 0 Å². The number of phenolic OH excluding ortho intramolecular Hbond substituents is 1. The molecule has 2 aromatic carbocycles. The molecule has 0 bridgehead atoms. The zero-order valence-electron chi connectivity index (χ0n) is 19.5. The highest BCUT2D eigenvalue weighted by Crippen LogP contribution is 2.48. The van der Waals surface area contributed by atoms with E-state index in [2.05, 4.69) is 4.99 Å². The summed E-state index contributed by atoms with van der Waals surface area (Å²) in [4.78, 5) is 30.3. The van der Waals surface area contributed by atoms with Crippen LogP contribution in [-0.2, 0) is 9.59 Å². The topological polar surface area (TPSA) is 115 Å². The summed E-state index contributed by atoms with van der Waals surface area (Å²) in [6.07, 6.45) is 0.701. The number of allylic oxidation sites excluding steroid dienone is 2. The van der Waals surface area contributed by atoms with Gasteiger partial charge in [0, 0.05) is 29.3 Å². The fourth-order valence-electron chi connectivity index (χ4n) is 4.98. The number of nitrogens with zero attached hydrogens (tertiary/aromatic N) is 1. The fraction of sp³-hybridized carbons (Fsp3) is 0.346. The number of benzene rings is 2. The molecule has 0 amide bonds. The van der Waals surface area contributed by atoms with Crippen molar-refractivity contribution in [1.82, 2.24) is 0 Å². The van der Waals surface area contributed by atoms with Crippen molar-refractivity contribution in [3.8, 4) is 23.0 Å². The molecule has 1 aliphatic heterocycles. The predicted octanol–water partition coefficient (Wildman–Crippen LogP) is 4.08. The van der Waals surface area contributed by atoms with Crippen molar-refractivity contribution in [3.63, 3.8) is 0 Å². The summed E-state index contributed by atoms with van der Waals surface area (Å²) < 4.78 is 15.9. The second kappa shape index (κ2) is 9.21. The van der Waals surface area contributed by atoms with E-state index in [9.17, 15) is 19.8 Å². The van der Waals surface area contributed by atoms with E-state index in [-0.39, 0.29) is 29.6 Å². The Morgan fingerprint density at radius 1 is 0.941 bits per heavy atom. The van der Waals surface area contributed by atoms with Gasteiger partial charge in [0.05, 0.1) is 21.3 Å². The summed E-state index contributed by atoms with van der Waals surface area (Å²) in [6, 6.07) is 10.3. The van der Waals surface area contributed by atoms with Crippen molar-refractivity contribution in [2.45, 2.75) is 31.6 Å². The first kappa shape index (κ1) is 23.4. The van der Waals surface area contributed by atoms with E-state index in [1.165, 1.54) is 13.2 Å². The monoisotopic (exact) mass is 465 g/mol. The number of aliphatic carboxylic acids is 1. The lowest BCUT2D eigenvalue weighted by Crippen LogP contribution is -2.37. The second-order valence-electron chi connectivity index (χ2n) is 8.48. The molecule has 0 saturated carbocycles. The average Bonchev–Trinajstić information content (AvgIpc) is 2.82. The lowest BCUT2D eigenvalue weighted by molar-refractivity contribution is -0.139. The number of carboxylic acid groups (broad SMARTS) is 1. The summed E-state index contributed by atoms with van der Waals surface area (Å²) in [5.74, 6) is -1.77. The molecule has 4 rings (SSSR count). The molecule has 0 aromatic heterocycles. The first-order valence-corrected chi connectivity index (χ1v) is 10.9. The zero-order valence-corrected chi connectivity index (χ0v) is 19.5. The number of ether oxygens (including phenoxy) is 3. The molecule has 0 spiro atoms. The van der Waals surface area contributed by atoms with Gasteiger partial charge in [-0.1, -0.05) is 12.1 Å². The molecule has 1 heterocycles. The summed E-state index contributed by atoms with van der Waals surface area (Å²) in [6.45, 7) is 1.67. The van der Waals surface area contributed by atoms with Crippen LogP contribution in [0.15, 0.2) is 52.7 Å². The number of carboxylic acids is 1. The lowest BCUT2D eigenvalue weighted by Gasteiger charge is -2.36. The summed E-state index contributed by atoms with van der Waals surface area (Å²) in [7, 11) is 4.56. The third kappa shape index (κ3) is 4.00. The molecule has 8 heteroatoms. The van der Waals surface area contributed by atoms with Gasteiger partial charge < -0.3 is 24.4 Å². The summed E-state index contributed by atoms with van der Waals surface area (Å²) in [5, 5.41) is 20.3. The van der Waals surface area contributed by atoms with Crippen LogP contribution >= 0.6 is 0 Å². The maximum absolute atomic E-state index is 13.5. The molecule has 3 atom stereocenters. The SMILES string of the molecule is COc1ccc(C2C3=C(CC(c4ccc(OC)c(OC)c4)CC3=O)N=C(C)C2C(=O)O)cc1O. The molecule has 0 fully saturated rings. The van der Waals surface area contributed by atoms with Gasteiger partial charge in [0.15, 0.2) is 28.8 Å². The van der Waals surface area contributed by atoms with E-state index in [0.29, 0.717) is 40.5 Å². The average molecular weight is 466 g/mol. The van der Waals surface area contributed by atoms with Crippen molar-refractivity contribution in [3.05, 3.63) is 58.8 Å². The Morgan fingerprint density at radius 3 is 2.21 bits per heavy atom. The maximum atomic E-state index is 13.5. The molecule has 2 N–H and O–H groups in total. The standard InChI is InChI=1S/C26H27NO7/c1-13-23(26(30)31)24(15-6-7-20(32-2)18(28)10-15)25-17(27-13)9-16(11-19(25)29)14-5-8-21(33-3)22(12-14)34-4/h5-8,10,12,16,23-24,28H,9,11H2,1-4H3,(H,30,31). The number of phenols is 1. The summed E-state index contributed by atoms with van der Waals surface area (Å²) >= 11 is 0. The van der Waals surface area contributed by atoms with Gasteiger partial charge in [-0.05, 0) is 54.7 Å². The van der Waals surface area contributed by atoms with Crippen LogP contribution < -0.4 is 14.2 Å². The van der Waals surface area contributed by atoms with Gasteiger partial charge in [0.2, 0.25) is 0 Å². The van der Waals surface area contributed by atoms with E-state index in [1.807, 2.05) is 12.1 Å². The number of aromatic hydroxyl groups is 1. The molecule has 1 aliphatic carbocycles. The Labute approximate surface area is 197 Å². The van der Waals surface area contributed by atoms with Crippen LogP contribution in [0.1, 0.15) is 42.7 Å². The molecule has 2 aromatic rings. The molecule has 8 nitrogen and oxygen atoms in total. The number of carbonyl (C=O) groups is 2. The highest BCUT2D eigenvalue weighted by Gasteiger charge is 2.44. The van der Waals surface area contributed by atoms with E-state index in [0.717, 1.165) is 5.56 Å². The third-order valence-corrected chi connectivity index (χ3v) is 6.60. The van der Waals surface area contributed by atoms with E-state index >= 15 is 0 Å². The first-order valence-electron chi connectivity index (χ1n) is 10.9. The molecule has 178 valence electrons. The number of methoxy groups -OCH3 is 3. The lowest BCUT2D eigenvalue weighted by atomic mass is 9.69. The molecule has 3 unspecified atom stereocenters. The van der Waals surface area contributed by atoms with Crippen molar-refractivity contribution in [2.75, 3.05) is 21.3 Å². The normalized spacial score (nSPS) is 22.1. The molecule has 0 saturated heterocycles. The highest BCUT2D eigenvalue weighted by atomic mass is 16.5. The van der Waals surface area contributed by atoms with E-state index in [1.54, 1.807) is 39.3 Å². The smallest absolute Gasteiger partial charge is 0.313 e. The first-order chi connectivity index (χ1) is 16.3. The van der Waals surface area contributed by atoms with Crippen molar-refractivity contribution < 1.29 is 34.0 Å². The van der Waals surface area contributed by atoms with Crippen LogP contribution in [0.25, 0.3) is 0 Å². The van der Waals surface area contributed by atoms with Crippen molar-refractivity contribution >= 4 is 17.5 Å². The van der Waals surface area contributed by atoms with Crippen molar-refractivity contribution in [2.24, 2.45) is 10.9 Å². The quantitative estimate of drug-likeness (QED) is 0.661. The Balaban J connectivity index is 1.78. The Bertz CT molecular complexity index is 1210. The zero-order chi connectivity index (χ0) is 24.6. The van der Waals surface area contributed by atoms with Crippen molar-refractivity contribution in [1.29, 1.82) is 0 Å². The molecule has 2 aliphatic rings. The van der Waals surface area contributed by atoms with Gasteiger partial charge in [0.1, 0.15) is 5.92 Å².